The van der Waals surface area contributed by atoms with Gasteiger partial charge >= 0.3 is 12.3 Å². The van der Waals surface area contributed by atoms with Gasteiger partial charge in [0.1, 0.15) is 11.8 Å². The summed E-state index contributed by atoms with van der Waals surface area (Å²) in [5.41, 5.74) is 1.77. The first-order valence-corrected chi connectivity index (χ1v) is 12.9. The van der Waals surface area contributed by atoms with E-state index >= 15 is 0 Å². The average Bonchev–Trinajstić information content (AvgIpc) is 3.13. The molecular formula is C27H30ClF3N4O4. The molecule has 39 heavy (non-hydrogen) atoms. The van der Waals surface area contributed by atoms with Crippen LogP contribution >= 0.6 is 11.6 Å². The van der Waals surface area contributed by atoms with Gasteiger partial charge in [-0.05, 0) is 73.9 Å². The third-order valence-corrected chi connectivity index (χ3v) is 7.13. The van der Waals surface area contributed by atoms with Gasteiger partial charge in [0.2, 0.25) is 5.95 Å². The normalized spacial score (nSPS) is 19.9. The van der Waals surface area contributed by atoms with Crippen LogP contribution in [0.1, 0.15) is 63.4 Å². The minimum Gasteiger partial charge on any atom is -0.480 e. The van der Waals surface area contributed by atoms with Crippen molar-refractivity contribution in [3.63, 3.8) is 0 Å². The molecule has 3 atom stereocenters. The first-order valence-electron chi connectivity index (χ1n) is 12.5. The molecule has 1 saturated carbocycles. The molecule has 1 aromatic heterocycles. The van der Waals surface area contributed by atoms with Gasteiger partial charge in [0.25, 0.3) is 5.91 Å². The van der Waals surface area contributed by atoms with Crippen molar-refractivity contribution < 1.29 is 32.6 Å². The molecule has 1 heterocycles. The van der Waals surface area contributed by atoms with Crippen LogP contribution in [0.4, 0.5) is 24.8 Å². The Morgan fingerprint density at radius 3 is 2.46 bits per heavy atom. The minimum absolute atomic E-state index is 0.0341. The summed E-state index contributed by atoms with van der Waals surface area (Å²) in [4.78, 5) is 28.7. The van der Waals surface area contributed by atoms with Gasteiger partial charge in [0, 0.05) is 11.7 Å². The second-order valence-electron chi connectivity index (χ2n) is 10.9. The molecule has 2 aromatic carbocycles. The number of carboxylic acid groups (broad SMARTS) is 1. The van der Waals surface area contributed by atoms with E-state index in [1.807, 2.05) is 4.57 Å². The predicted octanol–water partition coefficient (Wildman–Crippen LogP) is 6.92. The third-order valence-electron chi connectivity index (χ3n) is 6.81. The van der Waals surface area contributed by atoms with Gasteiger partial charge in [-0.2, -0.15) is 0 Å². The molecule has 210 valence electrons. The highest BCUT2D eigenvalue weighted by Crippen LogP contribution is 2.46. The van der Waals surface area contributed by atoms with E-state index in [1.165, 1.54) is 37.3 Å². The molecule has 0 aliphatic heterocycles. The fourth-order valence-corrected chi connectivity index (χ4v) is 5.69. The predicted molar refractivity (Wildman–Crippen MR) is 142 cm³/mol. The van der Waals surface area contributed by atoms with Crippen LogP contribution in [0, 0.1) is 11.3 Å². The van der Waals surface area contributed by atoms with Crippen molar-refractivity contribution in [2.45, 2.75) is 65.4 Å². The van der Waals surface area contributed by atoms with E-state index in [4.69, 9.17) is 21.7 Å². The number of amides is 1. The van der Waals surface area contributed by atoms with Crippen molar-refractivity contribution in [3.8, 4) is 5.75 Å². The Bertz CT molecular complexity index is 1390. The van der Waals surface area contributed by atoms with E-state index in [0.29, 0.717) is 28.6 Å². The van der Waals surface area contributed by atoms with E-state index in [2.05, 4.69) is 36.1 Å². The maximum absolute atomic E-state index is 12.8. The minimum atomic E-state index is -4.79. The SMILES string of the molecule is CC(NC(=O)c1cc2nc(Nc3ccc(OC(F)(F)F)cc3)n([C@H]3C[C@@H](C)CC(C)(C)C3)c2cc1Cl)C(=O)O. The molecule has 3 N–H and O–H groups in total. The topological polar surface area (TPSA) is 105 Å². The number of alkyl halides is 3. The average molecular weight is 567 g/mol. The van der Waals surface area contributed by atoms with Crippen molar-refractivity contribution >= 4 is 46.1 Å². The lowest BCUT2D eigenvalue weighted by molar-refractivity contribution is -0.274. The number of aliphatic carboxylic acids is 1. The fraction of sp³-hybridized carbons (Fsp3) is 0.444. The van der Waals surface area contributed by atoms with E-state index < -0.39 is 24.3 Å². The second-order valence-corrected chi connectivity index (χ2v) is 11.3. The van der Waals surface area contributed by atoms with E-state index in [0.717, 1.165) is 19.3 Å². The highest BCUT2D eigenvalue weighted by Gasteiger charge is 2.35. The van der Waals surface area contributed by atoms with Crippen LogP contribution in [-0.4, -0.2) is 38.9 Å². The number of anilines is 2. The van der Waals surface area contributed by atoms with Crippen LogP contribution < -0.4 is 15.4 Å². The van der Waals surface area contributed by atoms with Crippen LogP contribution in [0.3, 0.4) is 0 Å². The fourth-order valence-electron chi connectivity index (χ4n) is 5.45. The number of benzene rings is 2. The zero-order valence-corrected chi connectivity index (χ0v) is 22.7. The molecule has 1 amide bonds. The molecule has 1 aliphatic carbocycles. The molecule has 3 aromatic rings. The molecule has 0 bridgehead atoms. The number of carboxylic acids is 1. The summed E-state index contributed by atoms with van der Waals surface area (Å²) in [6, 6.07) is 7.40. The van der Waals surface area contributed by atoms with Crippen molar-refractivity contribution in [1.29, 1.82) is 0 Å². The highest BCUT2D eigenvalue weighted by molar-refractivity contribution is 6.34. The summed E-state index contributed by atoms with van der Waals surface area (Å²) in [5.74, 6) is -1.30. The van der Waals surface area contributed by atoms with Crippen LogP contribution in [0.15, 0.2) is 36.4 Å². The number of nitrogens with zero attached hydrogens (tertiary/aromatic N) is 2. The van der Waals surface area contributed by atoms with Gasteiger partial charge in [-0.1, -0.05) is 32.4 Å². The van der Waals surface area contributed by atoms with Crippen molar-refractivity contribution in [1.82, 2.24) is 14.9 Å². The Labute approximate surface area is 228 Å². The lowest BCUT2D eigenvalue weighted by Crippen LogP contribution is -2.38. The quantitative estimate of drug-likeness (QED) is 0.287. The van der Waals surface area contributed by atoms with Gasteiger partial charge in [-0.25, -0.2) is 4.98 Å². The van der Waals surface area contributed by atoms with Gasteiger partial charge in [-0.3, -0.25) is 9.59 Å². The Balaban J connectivity index is 1.76. The van der Waals surface area contributed by atoms with Crippen LogP contribution in [0.25, 0.3) is 11.0 Å². The maximum atomic E-state index is 12.8. The number of imidazole rings is 1. The molecule has 0 spiro atoms. The number of carbonyl (C=O) groups excluding carboxylic acids is 1. The van der Waals surface area contributed by atoms with Gasteiger partial charge in [0.05, 0.1) is 21.6 Å². The van der Waals surface area contributed by atoms with Crippen molar-refractivity contribution in [2.75, 3.05) is 5.32 Å². The monoisotopic (exact) mass is 566 g/mol. The van der Waals surface area contributed by atoms with E-state index in [1.54, 1.807) is 6.07 Å². The molecule has 1 aliphatic rings. The van der Waals surface area contributed by atoms with Gasteiger partial charge < -0.3 is 25.0 Å². The van der Waals surface area contributed by atoms with Crippen molar-refractivity contribution in [3.05, 3.63) is 47.0 Å². The van der Waals surface area contributed by atoms with Crippen LogP contribution in [0.2, 0.25) is 5.02 Å². The zero-order chi connectivity index (χ0) is 28.7. The summed E-state index contributed by atoms with van der Waals surface area (Å²) in [7, 11) is 0. The Hall–Kier alpha value is -3.47. The number of hydrogen-bond donors (Lipinski definition) is 3. The van der Waals surface area contributed by atoms with Gasteiger partial charge in [0.15, 0.2) is 0 Å². The Morgan fingerprint density at radius 2 is 1.87 bits per heavy atom. The summed E-state index contributed by atoms with van der Waals surface area (Å²) < 4.78 is 43.7. The maximum Gasteiger partial charge on any atom is 0.573 e. The number of rotatable bonds is 7. The standard InChI is InChI=1S/C27H30ClF3N4O4/c1-14-9-17(13-26(3,4)12-14)35-22-11-20(28)19(23(36)32-15(2)24(37)38)10-21(22)34-25(35)33-16-5-7-18(8-6-16)39-27(29,30)31/h5-8,10-11,14-15,17H,9,12-13H2,1-4H3,(H,32,36)(H,33,34)(H,37,38)/t14-,15?,17+/m1/s1. The summed E-state index contributed by atoms with van der Waals surface area (Å²) in [5, 5.41) is 14.9. The van der Waals surface area contributed by atoms with E-state index in [9.17, 15) is 22.8 Å². The largest absolute Gasteiger partial charge is 0.573 e. The molecule has 12 heteroatoms. The second kappa shape index (κ2) is 10.6. The van der Waals surface area contributed by atoms with Gasteiger partial charge in [-0.15, -0.1) is 13.2 Å². The zero-order valence-electron chi connectivity index (χ0n) is 21.9. The molecule has 8 nitrogen and oxygen atoms in total. The Morgan fingerprint density at radius 1 is 1.21 bits per heavy atom. The molecule has 1 unspecified atom stereocenters. The lowest BCUT2D eigenvalue weighted by Gasteiger charge is -2.40. The number of hydrogen-bond acceptors (Lipinski definition) is 5. The number of nitrogens with one attached hydrogen (secondary N) is 2. The Kier molecular flexibility index (Phi) is 7.75. The van der Waals surface area contributed by atoms with Crippen molar-refractivity contribution in [2.24, 2.45) is 11.3 Å². The molecule has 0 saturated heterocycles. The lowest BCUT2D eigenvalue weighted by atomic mass is 9.70. The van der Waals surface area contributed by atoms with Crippen LogP contribution in [0.5, 0.6) is 5.75 Å². The molecule has 1 fully saturated rings. The first kappa shape index (κ1) is 28.5. The number of fused-ring (bicyclic) bond motifs is 1. The molecular weight excluding hydrogens is 537 g/mol. The summed E-state index contributed by atoms with van der Waals surface area (Å²) in [6.07, 6.45) is -2.00. The number of ether oxygens (including phenoxy) is 1. The molecule has 4 rings (SSSR count). The first-order chi connectivity index (χ1) is 18.1. The van der Waals surface area contributed by atoms with Crippen LogP contribution in [-0.2, 0) is 4.79 Å². The van der Waals surface area contributed by atoms with E-state index in [-0.39, 0.29) is 27.8 Å². The third kappa shape index (κ3) is 6.76. The number of aromatic nitrogens is 2. The summed E-state index contributed by atoms with van der Waals surface area (Å²) >= 11 is 6.52. The highest BCUT2D eigenvalue weighted by atomic mass is 35.5. The summed E-state index contributed by atoms with van der Waals surface area (Å²) in [6.45, 7) is 7.96. The molecule has 0 radical (unpaired) electrons. The number of carbonyl (C=O) groups is 2. The smallest absolute Gasteiger partial charge is 0.480 e. The number of halogens is 4.